The zero-order chi connectivity index (χ0) is 15.6. The number of halogens is 1. The molecular formula is C16H17FN2O2. The molecule has 2 rings (SSSR count). The van der Waals surface area contributed by atoms with E-state index in [4.69, 9.17) is 0 Å². The highest BCUT2D eigenvalue weighted by atomic mass is 19.1. The first-order valence-electron chi connectivity index (χ1n) is 6.62. The third-order valence-corrected chi connectivity index (χ3v) is 3.54. The summed E-state index contributed by atoms with van der Waals surface area (Å²) in [6.45, 7) is 3.46. The number of hydrogen-bond donors (Lipinski definition) is 1. The van der Waals surface area contributed by atoms with Crippen molar-refractivity contribution in [3.63, 3.8) is 0 Å². The van der Waals surface area contributed by atoms with Gasteiger partial charge in [-0.3, -0.25) is 9.59 Å². The van der Waals surface area contributed by atoms with Crippen LogP contribution in [0.4, 0.5) is 4.39 Å². The van der Waals surface area contributed by atoms with Crippen LogP contribution in [-0.2, 0) is 0 Å². The van der Waals surface area contributed by atoms with Gasteiger partial charge in [0.25, 0.3) is 5.91 Å². The van der Waals surface area contributed by atoms with Crippen LogP contribution in [0.2, 0.25) is 0 Å². The average Bonchev–Trinajstić information content (AvgIpc) is 2.45. The Morgan fingerprint density at radius 2 is 2.00 bits per heavy atom. The third kappa shape index (κ3) is 3.02. The molecule has 0 saturated carbocycles. The number of nitrogens with one attached hydrogen (secondary N) is 1. The van der Waals surface area contributed by atoms with Gasteiger partial charge in [0, 0.05) is 30.6 Å². The van der Waals surface area contributed by atoms with E-state index < -0.39 is 11.9 Å². The standard InChI is InChI=1S/C16H17FN2O2/c1-10-8-15(20)13(9-18-10)16(21)19(3)11(2)12-6-4-5-7-14(12)17/h4-9,11H,1-3H3,(H,18,20). The lowest BCUT2D eigenvalue weighted by molar-refractivity contribution is 0.0738. The Bertz CT molecular complexity index is 724. The number of aryl methyl sites for hydroxylation is 1. The highest BCUT2D eigenvalue weighted by Gasteiger charge is 2.22. The second-order valence-corrected chi connectivity index (χ2v) is 5.01. The first-order chi connectivity index (χ1) is 9.91. The van der Waals surface area contributed by atoms with Gasteiger partial charge in [0.05, 0.1) is 6.04 Å². The van der Waals surface area contributed by atoms with E-state index in [-0.39, 0.29) is 16.8 Å². The largest absolute Gasteiger partial charge is 0.364 e. The maximum absolute atomic E-state index is 13.8. The fourth-order valence-corrected chi connectivity index (χ4v) is 2.13. The minimum absolute atomic E-state index is 0.0475. The molecular weight excluding hydrogens is 271 g/mol. The van der Waals surface area contributed by atoms with Crippen LogP contribution >= 0.6 is 0 Å². The van der Waals surface area contributed by atoms with E-state index in [0.717, 1.165) is 0 Å². The van der Waals surface area contributed by atoms with Crippen molar-refractivity contribution in [1.29, 1.82) is 0 Å². The van der Waals surface area contributed by atoms with Crippen LogP contribution in [0.5, 0.6) is 0 Å². The molecule has 4 nitrogen and oxygen atoms in total. The van der Waals surface area contributed by atoms with Crippen molar-refractivity contribution < 1.29 is 9.18 Å². The number of aromatic nitrogens is 1. The lowest BCUT2D eigenvalue weighted by atomic mass is 10.1. The minimum Gasteiger partial charge on any atom is -0.364 e. The molecule has 0 aliphatic carbocycles. The van der Waals surface area contributed by atoms with Gasteiger partial charge in [0.2, 0.25) is 0 Å². The molecule has 0 radical (unpaired) electrons. The summed E-state index contributed by atoms with van der Waals surface area (Å²) < 4.78 is 13.8. The highest BCUT2D eigenvalue weighted by molar-refractivity contribution is 5.93. The summed E-state index contributed by atoms with van der Waals surface area (Å²) in [5.74, 6) is -0.811. The van der Waals surface area contributed by atoms with Gasteiger partial charge in [-0.25, -0.2) is 4.39 Å². The summed E-state index contributed by atoms with van der Waals surface area (Å²) in [5, 5.41) is 0. The van der Waals surface area contributed by atoms with Gasteiger partial charge in [-0.2, -0.15) is 0 Å². The minimum atomic E-state index is -0.473. The lowest BCUT2D eigenvalue weighted by Gasteiger charge is -2.25. The van der Waals surface area contributed by atoms with E-state index in [1.54, 1.807) is 39.1 Å². The maximum atomic E-state index is 13.8. The summed E-state index contributed by atoms with van der Waals surface area (Å²) in [6, 6.07) is 7.18. The van der Waals surface area contributed by atoms with Crippen LogP contribution < -0.4 is 5.43 Å². The van der Waals surface area contributed by atoms with E-state index >= 15 is 0 Å². The molecule has 1 aromatic carbocycles. The van der Waals surface area contributed by atoms with Gasteiger partial charge in [0.1, 0.15) is 11.4 Å². The SMILES string of the molecule is Cc1cc(=O)c(C(=O)N(C)C(C)c2ccccc2F)c[nH]1. The number of benzene rings is 1. The van der Waals surface area contributed by atoms with Gasteiger partial charge >= 0.3 is 0 Å². The van der Waals surface area contributed by atoms with E-state index in [9.17, 15) is 14.0 Å². The second kappa shape index (κ2) is 5.91. The number of pyridine rings is 1. The molecule has 0 fully saturated rings. The van der Waals surface area contributed by atoms with Crippen molar-refractivity contribution in [2.75, 3.05) is 7.05 Å². The predicted octanol–water partition coefficient (Wildman–Crippen LogP) is 2.66. The van der Waals surface area contributed by atoms with Crippen LogP contribution in [0.1, 0.15) is 34.6 Å². The molecule has 0 saturated heterocycles. The third-order valence-electron chi connectivity index (χ3n) is 3.54. The molecule has 0 spiro atoms. The smallest absolute Gasteiger partial charge is 0.259 e. The van der Waals surface area contributed by atoms with Crippen LogP contribution in [0, 0.1) is 12.7 Å². The molecule has 1 unspecified atom stereocenters. The first kappa shape index (κ1) is 15.0. The molecule has 1 heterocycles. The number of carbonyl (C=O) groups is 1. The number of hydrogen-bond acceptors (Lipinski definition) is 2. The fourth-order valence-electron chi connectivity index (χ4n) is 2.13. The number of amides is 1. The van der Waals surface area contributed by atoms with E-state index in [0.29, 0.717) is 11.3 Å². The molecule has 1 aromatic heterocycles. The summed E-state index contributed by atoms with van der Waals surface area (Å²) >= 11 is 0. The van der Waals surface area contributed by atoms with Gasteiger partial charge in [0.15, 0.2) is 5.43 Å². The summed E-state index contributed by atoms with van der Waals surface area (Å²) in [7, 11) is 1.55. The van der Waals surface area contributed by atoms with Gasteiger partial charge in [-0.05, 0) is 19.9 Å². The van der Waals surface area contributed by atoms with E-state index in [1.165, 1.54) is 23.2 Å². The van der Waals surface area contributed by atoms with Gasteiger partial charge < -0.3 is 9.88 Å². The Balaban J connectivity index is 2.31. The van der Waals surface area contributed by atoms with Crippen LogP contribution in [-0.4, -0.2) is 22.8 Å². The van der Waals surface area contributed by atoms with Crippen molar-refractivity contribution in [2.45, 2.75) is 19.9 Å². The van der Waals surface area contributed by atoms with Crippen LogP contribution in [0.25, 0.3) is 0 Å². The van der Waals surface area contributed by atoms with Crippen LogP contribution in [0.3, 0.4) is 0 Å². The topological polar surface area (TPSA) is 53.2 Å². The van der Waals surface area contributed by atoms with Crippen molar-refractivity contribution in [3.05, 3.63) is 69.4 Å². The van der Waals surface area contributed by atoms with Crippen LogP contribution in [0.15, 0.2) is 41.3 Å². The van der Waals surface area contributed by atoms with Crippen molar-refractivity contribution in [3.8, 4) is 0 Å². The number of aromatic amines is 1. The molecule has 0 aliphatic rings. The molecule has 1 atom stereocenters. The van der Waals surface area contributed by atoms with E-state index in [2.05, 4.69) is 4.98 Å². The number of carbonyl (C=O) groups excluding carboxylic acids is 1. The Morgan fingerprint density at radius 3 is 2.62 bits per heavy atom. The van der Waals surface area contributed by atoms with Gasteiger partial charge in [-0.15, -0.1) is 0 Å². The Morgan fingerprint density at radius 1 is 1.33 bits per heavy atom. The normalized spacial score (nSPS) is 12.0. The summed E-state index contributed by atoms with van der Waals surface area (Å²) in [6.07, 6.45) is 1.39. The molecule has 1 N–H and O–H groups in total. The summed E-state index contributed by atoms with van der Waals surface area (Å²) in [5.41, 5.74) is 0.799. The molecule has 0 bridgehead atoms. The second-order valence-electron chi connectivity index (χ2n) is 5.01. The monoisotopic (exact) mass is 288 g/mol. The van der Waals surface area contributed by atoms with E-state index in [1.807, 2.05) is 0 Å². The Kier molecular flexibility index (Phi) is 4.21. The zero-order valence-corrected chi connectivity index (χ0v) is 12.2. The number of H-pyrrole nitrogens is 1. The lowest BCUT2D eigenvalue weighted by Crippen LogP contribution is -2.33. The predicted molar refractivity (Wildman–Crippen MR) is 78.7 cm³/mol. The number of rotatable bonds is 3. The molecule has 110 valence electrons. The van der Waals surface area contributed by atoms with Crippen molar-refractivity contribution in [1.82, 2.24) is 9.88 Å². The first-order valence-corrected chi connectivity index (χ1v) is 6.62. The highest BCUT2D eigenvalue weighted by Crippen LogP contribution is 2.22. The molecule has 1 amide bonds. The molecule has 2 aromatic rings. The Labute approximate surface area is 122 Å². The molecule has 21 heavy (non-hydrogen) atoms. The molecule has 0 aliphatic heterocycles. The van der Waals surface area contributed by atoms with Gasteiger partial charge in [-0.1, -0.05) is 18.2 Å². The zero-order valence-electron chi connectivity index (χ0n) is 12.2. The van der Waals surface area contributed by atoms with Crippen molar-refractivity contribution in [2.24, 2.45) is 0 Å². The quantitative estimate of drug-likeness (QED) is 0.944. The average molecular weight is 288 g/mol. The fraction of sp³-hybridized carbons (Fsp3) is 0.250. The Hall–Kier alpha value is -2.43. The number of nitrogens with zero attached hydrogens (tertiary/aromatic N) is 1. The maximum Gasteiger partial charge on any atom is 0.259 e. The summed E-state index contributed by atoms with van der Waals surface area (Å²) in [4.78, 5) is 28.5. The molecule has 5 heteroatoms. The van der Waals surface area contributed by atoms with Crippen molar-refractivity contribution >= 4 is 5.91 Å².